The lowest BCUT2D eigenvalue weighted by Gasteiger charge is -2.10. The number of ether oxygens (including phenoxy) is 1. The summed E-state index contributed by atoms with van der Waals surface area (Å²) in [6.07, 6.45) is -0.551. The largest absolute Gasteiger partial charge is 0.439 e. The smallest absolute Gasteiger partial charge is 0.407 e. The van der Waals surface area contributed by atoms with Gasteiger partial charge in [-0.25, -0.2) is 9.18 Å². The van der Waals surface area contributed by atoms with Crippen molar-refractivity contribution in [1.82, 2.24) is 5.32 Å². The molecule has 1 atom stereocenters. The molecule has 3 rings (SSSR count). The Morgan fingerprint density at radius 3 is 2.48 bits per heavy atom. The molecule has 5 nitrogen and oxygen atoms in total. The summed E-state index contributed by atoms with van der Waals surface area (Å²) in [5.41, 5.74) is 2.25. The minimum atomic E-state index is -0.424. The van der Waals surface area contributed by atoms with E-state index in [9.17, 15) is 14.0 Å². The molecule has 1 unspecified atom stereocenters. The average molecular weight is 314 g/mol. The van der Waals surface area contributed by atoms with Crippen LogP contribution in [0.3, 0.4) is 0 Å². The SMILES string of the molecule is O=C(Cc1ccc(F)cc1)Nc1ccc(C2CNC(=O)O2)cc1. The van der Waals surface area contributed by atoms with Gasteiger partial charge in [-0.3, -0.25) is 4.79 Å². The highest BCUT2D eigenvalue weighted by molar-refractivity contribution is 5.92. The van der Waals surface area contributed by atoms with Gasteiger partial charge in [-0.15, -0.1) is 0 Å². The van der Waals surface area contributed by atoms with Gasteiger partial charge in [0.15, 0.2) is 0 Å². The second kappa shape index (κ2) is 6.48. The summed E-state index contributed by atoms with van der Waals surface area (Å²) in [5.74, 6) is -0.509. The van der Waals surface area contributed by atoms with E-state index in [1.165, 1.54) is 12.1 Å². The van der Waals surface area contributed by atoms with Gasteiger partial charge in [0, 0.05) is 5.69 Å². The molecule has 0 aliphatic carbocycles. The first-order valence-corrected chi connectivity index (χ1v) is 7.19. The van der Waals surface area contributed by atoms with Crippen LogP contribution in [0.2, 0.25) is 0 Å². The fraction of sp³-hybridized carbons (Fsp3) is 0.176. The lowest BCUT2D eigenvalue weighted by Crippen LogP contribution is -2.14. The van der Waals surface area contributed by atoms with Crippen LogP contribution in [0.5, 0.6) is 0 Å². The quantitative estimate of drug-likeness (QED) is 0.912. The maximum Gasteiger partial charge on any atom is 0.407 e. The van der Waals surface area contributed by atoms with E-state index in [-0.39, 0.29) is 24.2 Å². The average Bonchev–Trinajstić information content (AvgIpc) is 2.97. The Morgan fingerprint density at radius 2 is 1.87 bits per heavy atom. The van der Waals surface area contributed by atoms with E-state index in [2.05, 4.69) is 10.6 Å². The normalized spacial score (nSPS) is 16.6. The molecule has 0 saturated carbocycles. The van der Waals surface area contributed by atoms with Crippen LogP contribution in [0, 0.1) is 5.82 Å². The van der Waals surface area contributed by atoms with Gasteiger partial charge in [0.05, 0.1) is 13.0 Å². The lowest BCUT2D eigenvalue weighted by molar-refractivity contribution is -0.115. The molecule has 1 fully saturated rings. The van der Waals surface area contributed by atoms with Crippen LogP contribution in [-0.4, -0.2) is 18.5 Å². The Hall–Kier alpha value is -2.89. The van der Waals surface area contributed by atoms with E-state index < -0.39 is 6.09 Å². The molecule has 2 amide bonds. The van der Waals surface area contributed by atoms with Crippen molar-refractivity contribution in [1.29, 1.82) is 0 Å². The molecule has 6 heteroatoms. The molecule has 0 aromatic heterocycles. The molecule has 1 aliphatic heterocycles. The van der Waals surface area contributed by atoms with E-state index >= 15 is 0 Å². The zero-order valence-electron chi connectivity index (χ0n) is 12.2. The third kappa shape index (κ3) is 3.85. The molecule has 23 heavy (non-hydrogen) atoms. The minimum absolute atomic E-state index is 0.173. The Labute approximate surface area is 132 Å². The molecule has 1 heterocycles. The first-order chi connectivity index (χ1) is 11.1. The van der Waals surface area contributed by atoms with Crippen LogP contribution in [0.1, 0.15) is 17.2 Å². The van der Waals surface area contributed by atoms with Gasteiger partial charge in [0.2, 0.25) is 5.91 Å². The zero-order chi connectivity index (χ0) is 16.2. The van der Waals surface area contributed by atoms with Crippen LogP contribution in [0.4, 0.5) is 14.9 Å². The Bertz CT molecular complexity index is 714. The summed E-state index contributed by atoms with van der Waals surface area (Å²) in [5, 5.41) is 5.36. The van der Waals surface area contributed by atoms with Crippen molar-refractivity contribution < 1.29 is 18.7 Å². The van der Waals surface area contributed by atoms with Crippen molar-refractivity contribution in [2.75, 3.05) is 11.9 Å². The van der Waals surface area contributed by atoms with Crippen LogP contribution in [-0.2, 0) is 16.0 Å². The monoisotopic (exact) mass is 314 g/mol. The van der Waals surface area contributed by atoms with E-state index in [0.29, 0.717) is 12.2 Å². The number of hydrogen-bond acceptors (Lipinski definition) is 3. The fourth-order valence-corrected chi connectivity index (χ4v) is 2.35. The first kappa shape index (κ1) is 15.0. The van der Waals surface area contributed by atoms with Gasteiger partial charge in [-0.1, -0.05) is 24.3 Å². The summed E-state index contributed by atoms with van der Waals surface area (Å²) in [6, 6.07) is 12.9. The highest BCUT2D eigenvalue weighted by Gasteiger charge is 2.23. The van der Waals surface area contributed by atoms with Crippen LogP contribution in [0.15, 0.2) is 48.5 Å². The van der Waals surface area contributed by atoms with Crippen molar-refractivity contribution >= 4 is 17.7 Å². The molecular formula is C17H15FN2O3. The van der Waals surface area contributed by atoms with Crippen LogP contribution < -0.4 is 10.6 Å². The molecule has 1 aliphatic rings. The van der Waals surface area contributed by atoms with Gasteiger partial charge in [0.1, 0.15) is 11.9 Å². The fourth-order valence-electron chi connectivity index (χ4n) is 2.35. The van der Waals surface area contributed by atoms with Gasteiger partial charge in [0.25, 0.3) is 0 Å². The number of hydrogen-bond donors (Lipinski definition) is 2. The summed E-state index contributed by atoms with van der Waals surface area (Å²) in [6.45, 7) is 0.440. The van der Waals surface area contributed by atoms with Gasteiger partial charge >= 0.3 is 6.09 Å². The van der Waals surface area contributed by atoms with E-state index in [4.69, 9.17) is 4.74 Å². The summed E-state index contributed by atoms with van der Waals surface area (Å²) >= 11 is 0. The number of cyclic esters (lactones) is 1. The number of carbonyl (C=O) groups excluding carboxylic acids is 2. The number of carbonyl (C=O) groups is 2. The standard InChI is InChI=1S/C17H15FN2O3/c18-13-5-1-11(2-6-13)9-16(21)20-14-7-3-12(4-8-14)15-10-19-17(22)23-15/h1-8,15H,9-10H2,(H,19,22)(H,20,21). The van der Waals surface area contributed by atoms with Crippen LogP contribution in [0.25, 0.3) is 0 Å². The minimum Gasteiger partial charge on any atom is -0.439 e. The molecule has 2 aromatic carbocycles. The van der Waals surface area contributed by atoms with E-state index in [1.807, 2.05) is 0 Å². The number of halogens is 1. The second-order valence-electron chi connectivity index (χ2n) is 5.25. The predicted molar refractivity (Wildman–Crippen MR) is 82.4 cm³/mol. The zero-order valence-corrected chi connectivity index (χ0v) is 12.2. The number of benzene rings is 2. The lowest BCUT2D eigenvalue weighted by atomic mass is 10.1. The predicted octanol–water partition coefficient (Wildman–Crippen LogP) is 2.79. The topological polar surface area (TPSA) is 67.4 Å². The molecule has 2 N–H and O–H groups in total. The van der Waals surface area contributed by atoms with Gasteiger partial charge in [-0.05, 0) is 35.4 Å². The van der Waals surface area contributed by atoms with Gasteiger partial charge < -0.3 is 15.4 Å². The number of amides is 2. The Kier molecular flexibility index (Phi) is 4.23. The molecular weight excluding hydrogens is 299 g/mol. The van der Waals surface area contributed by atoms with Crippen LogP contribution >= 0.6 is 0 Å². The number of alkyl carbamates (subject to hydrolysis) is 1. The molecule has 2 aromatic rings. The molecule has 0 radical (unpaired) electrons. The van der Waals surface area contributed by atoms with Crippen molar-refractivity contribution in [3.05, 3.63) is 65.5 Å². The Morgan fingerprint density at radius 1 is 1.17 bits per heavy atom. The first-order valence-electron chi connectivity index (χ1n) is 7.19. The van der Waals surface area contributed by atoms with Crippen molar-refractivity contribution in [3.63, 3.8) is 0 Å². The van der Waals surface area contributed by atoms with E-state index in [0.717, 1.165) is 11.1 Å². The molecule has 1 saturated heterocycles. The summed E-state index contributed by atoms with van der Waals surface area (Å²) in [7, 11) is 0. The Balaban J connectivity index is 1.58. The van der Waals surface area contributed by atoms with Crippen molar-refractivity contribution in [3.8, 4) is 0 Å². The maximum atomic E-state index is 12.8. The maximum absolute atomic E-state index is 12.8. The number of nitrogens with one attached hydrogen (secondary N) is 2. The highest BCUT2D eigenvalue weighted by atomic mass is 19.1. The van der Waals surface area contributed by atoms with E-state index in [1.54, 1.807) is 36.4 Å². The molecule has 0 spiro atoms. The third-order valence-corrected chi connectivity index (χ3v) is 3.53. The molecule has 0 bridgehead atoms. The highest BCUT2D eigenvalue weighted by Crippen LogP contribution is 2.22. The van der Waals surface area contributed by atoms with Crippen molar-refractivity contribution in [2.45, 2.75) is 12.5 Å². The number of anilines is 1. The molecule has 118 valence electrons. The van der Waals surface area contributed by atoms with Gasteiger partial charge in [-0.2, -0.15) is 0 Å². The van der Waals surface area contributed by atoms with Crippen molar-refractivity contribution in [2.24, 2.45) is 0 Å². The summed E-state index contributed by atoms with van der Waals surface area (Å²) in [4.78, 5) is 23.0. The third-order valence-electron chi connectivity index (χ3n) is 3.53. The summed E-state index contributed by atoms with van der Waals surface area (Å²) < 4.78 is 17.9. The second-order valence-corrected chi connectivity index (χ2v) is 5.25. The number of rotatable bonds is 4.